The van der Waals surface area contributed by atoms with Gasteiger partial charge in [-0.2, -0.15) is 18.3 Å². The minimum Gasteiger partial charge on any atom is -0.475 e. The lowest BCUT2D eigenvalue weighted by Crippen LogP contribution is -2.31. The van der Waals surface area contributed by atoms with Crippen LogP contribution in [-0.4, -0.2) is 51.0 Å². The number of rotatable bonds is 5. The second-order valence-electron chi connectivity index (χ2n) is 7.09. The van der Waals surface area contributed by atoms with Gasteiger partial charge in [-0.3, -0.25) is 9.48 Å². The van der Waals surface area contributed by atoms with Crippen LogP contribution >= 0.6 is 0 Å². The number of aromatic amines is 1. The number of alkyl halides is 3. The quantitative estimate of drug-likeness (QED) is 0.457. The Morgan fingerprint density at radius 2 is 2.10 bits per heavy atom. The molecular weight excluding hydrogens is 415 g/mol. The number of carbonyl (C=O) groups is 2. The minimum atomic E-state index is -5.08. The summed E-state index contributed by atoms with van der Waals surface area (Å²) in [6.07, 6.45) is 2.72. The molecule has 0 saturated carbocycles. The van der Waals surface area contributed by atoms with E-state index in [1.807, 2.05) is 36.3 Å². The predicted octanol–water partition coefficient (Wildman–Crippen LogP) is 2.15. The van der Waals surface area contributed by atoms with E-state index in [0.717, 1.165) is 43.6 Å². The molecule has 2 aromatic heterocycles. The number of aliphatic carboxylic acids is 1. The van der Waals surface area contributed by atoms with Crippen molar-refractivity contribution in [3.63, 3.8) is 0 Å². The molecule has 1 aromatic carbocycles. The zero-order valence-electron chi connectivity index (χ0n) is 16.7. The van der Waals surface area contributed by atoms with Crippen molar-refractivity contribution in [3.05, 3.63) is 53.0 Å². The first-order chi connectivity index (χ1) is 14.7. The maximum atomic E-state index is 12.0. The number of hydrogen-bond acceptors (Lipinski definition) is 4. The Hall–Kier alpha value is -3.34. The van der Waals surface area contributed by atoms with Crippen molar-refractivity contribution in [1.82, 2.24) is 25.4 Å². The first-order valence-corrected chi connectivity index (χ1v) is 9.55. The highest BCUT2D eigenvalue weighted by molar-refractivity contribution is 6.02. The largest absolute Gasteiger partial charge is 0.490 e. The van der Waals surface area contributed by atoms with Gasteiger partial charge in [-0.1, -0.05) is 0 Å². The third-order valence-electron chi connectivity index (χ3n) is 4.84. The average Bonchev–Trinajstić information content (AvgIpc) is 3.31. The van der Waals surface area contributed by atoms with Gasteiger partial charge in [0.25, 0.3) is 5.91 Å². The maximum absolute atomic E-state index is 12.0. The fourth-order valence-electron chi connectivity index (χ4n) is 3.46. The van der Waals surface area contributed by atoms with Gasteiger partial charge in [0.2, 0.25) is 0 Å². The van der Waals surface area contributed by atoms with Crippen molar-refractivity contribution >= 4 is 22.8 Å². The number of carboxylic acids is 1. The summed E-state index contributed by atoms with van der Waals surface area (Å²) >= 11 is 0. The van der Waals surface area contributed by atoms with E-state index in [9.17, 15) is 18.0 Å². The second-order valence-corrected chi connectivity index (χ2v) is 7.09. The summed E-state index contributed by atoms with van der Waals surface area (Å²) in [6.45, 7) is 2.42. The van der Waals surface area contributed by atoms with Crippen LogP contribution < -0.4 is 10.6 Å². The standard InChI is InChI=1S/C18H21N5O.C2HF3O2/c1-23-11-12(9-22-23)8-19-6-4-13-10-21-16-3-2-15-14(17(13)16)5-7-20-18(15)24;3-2(4,5)1(6)7/h2-3,9-11,19,21H,4-8H2,1H3,(H,20,24);(H,6,7). The van der Waals surface area contributed by atoms with Crippen LogP contribution in [0.15, 0.2) is 30.7 Å². The monoisotopic (exact) mass is 437 g/mol. The number of halogens is 3. The molecule has 0 spiro atoms. The highest BCUT2D eigenvalue weighted by Crippen LogP contribution is 2.28. The Morgan fingerprint density at radius 3 is 2.74 bits per heavy atom. The van der Waals surface area contributed by atoms with E-state index in [0.29, 0.717) is 0 Å². The van der Waals surface area contributed by atoms with Crippen LogP contribution in [0.4, 0.5) is 13.2 Å². The van der Waals surface area contributed by atoms with Gasteiger partial charge >= 0.3 is 12.1 Å². The number of aromatic nitrogens is 3. The fourth-order valence-corrected chi connectivity index (χ4v) is 3.46. The number of carbonyl (C=O) groups excluding carboxylic acids is 1. The molecule has 166 valence electrons. The number of nitrogens with zero attached hydrogens (tertiary/aromatic N) is 2. The zero-order valence-corrected chi connectivity index (χ0v) is 16.7. The van der Waals surface area contributed by atoms with E-state index >= 15 is 0 Å². The fraction of sp³-hybridized carbons (Fsp3) is 0.350. The molecule has 4 rings (SSSR count). The number of nitrogens with one attached hydrogen (secondary N) is 3. The molecule has 3 heterocycles. The molecule has 11 heteroatoms. The van der Waals surface area contributed by atoms with Gasteiger partial charge in [-0.15, -0.1) is 0 Å². The third-order valence-corrected chi connectivity index (χ3v) is 4.84. The minimum absolute atomic E-state index is 0.0417. The first-order valence-electron chi connectivity index (χ1n) is 9.55. The number of aryl methyl sites for hydroxylation is 1. The lowest BCUT2D eigenvalue weighted by molar-refractivity contribution is -0.192. The Balaban J connectivity index is 0.000000339. The molecule has 1 aliphatic heterocycles. The Morgan fingerprint density at radius 1 is 1.35 bits per heavy atom. The first kappa shape index (κ1) is 22.3. The molecule has 0 unspecified atom stereocenters. The van der Waals surface area contributed by atoms with E-state index in [-0.39, 0.29) is 5.91 Å². The van der Waals surface area contributed by atoms with Crippen LogP contribution in [0.2, 0.25) is 0 Å². The molecule has 0 aliphatic carbocycles. The molecule has 4 N–H and O–H groups in total. The molecule has 3 aromatic rings. The van der Waals surface area contributed by atoms with Gasteiger partial charge in [0, 0.05) is 54.6 Å². The molecule has 1 amide bonds. The molecule has 0 saturated heterocycles. The lowest BCUT2D eigenvalue weighted by atomic mass is 9.94. The van der Waals surface area contributed by atoms with Crippen LogP contribution in [0.3, 0.4) is 0 Å². The SMILES string of the molecule is Cn1cc(CNCCc2c[nH]c3ccc4c(c23)CCNC4=O)cn1.O=C(O)C(F)(F)F. The van der Waals surface area contributed by atoms with E-state index in [1.54, 1.807) is 0 Å². The zero-order chi connectivity index (χ0) is 22.6. The molecule has 8 nitrogen and oxygen atoms in total. The van der Waals surface area contributed by atoms with Gasteiger partial charge in [-0.05, 0) is 42.6 Å². The van der Waals surface area contributed by atoms with Gasteiger partial charge in [0.1, 0.15) is 0 Å². The number of H-pyrrole nitrogens is 1. The van der Waals surface area contributed by atoms with Crippen LogP contribution in [0, 0.1) is 0 Å². The number of amides is 1. The summed E-state index contributed by atoms with van der Waals surface area (Å²) in [4.78, 5) is 24.3. The molecule has 0 bridgehead atoms. The lowest BCUT2D eigenvalue weighted by Gasteiger charge is -2.18. The molecular formula is C20H22F3N5O3. The number of hydrogen-bond donors (Lipinski definition) is 4. The summed E-state index contributed by atoms with van der Waals surface area (Å²) in [5.74, 6) is -2.72. The number of carboxylic acid groups (broad SMARTS) is 1. The summed E-state index contributed by atoms with van der Waals surface area (Å²) in [7, 11) is 1.93. The Kier molecular flexibility index (Phi) is 6.64. The maximum Gasteiger partial charge on any atom is 0.490 e. The third kappa shape index (κ3) is 5.43. The van der Waals surface area contributed by atoms with Crippen LogP contribution in [0.1, 0.15) is 27.0 Å². The van der Waals surface area contributed by atoms with E-state index < -0.39 is 12.1 Å². The van der Waals surface area contributed by atoms with Gasteiger partial charge in [0.05, 0.1) is 6.20 Å². The second kappa shape index (κ2) is 9.21. The van der Waals surface area contributed by atoms with Gasteiger partial charge in [-0.25, -0.2) is 4.79 Å². The highest BCUT2D eigenvalue weighted by Gasteiger charge is 2.38. The van der Waals surface area contributed by atoms with Crippen LogP contribution in [0.5, 0.6) is 0 Å². The van der Waals surface area contributed by atoms with Crippen molar-refractivity contribution in [3.8, 4) is 0 Å². The van der Waals surface area contributed by atoms with E-state index in [1.165, 1.54) is 22.1 Å². The topological polar surface area (TPSA) is 112 Å². The van der Waals surface area contributed by atoms with Crippen LogP contribution in [-0.2, 0) is 31.2 Å². The summed E-state index contributed by atoms with van der Waals surface area (Å²) in [6, 6.07) is 3.93. The molecule has 31 heavy (non-hydrogen) atoms. The number of fused-ring (bicyclic) bond motifs is 3. The molecule has 1 aliphatic rings. The smallest absolute Gasteiger partial charge is 0.475 e. The predicted molar refractivity (Wildman–Crippen MR) is 107 cm³/mol. The summed E-state index contributed by atoms with van der Waals surface area (Å²) in [5.41, 5.74) is 5.57. The van der Waals surface area contributed by atoms with Crippen molar-refractivity contribution in [1.29, 1.82) is 0 Å². The summed E-state index contributed by atoms with van der Waals surface area (Å²) < 4.78 is 33.5. The summed E-state index contributed by atoms with van der Waals surface area (Å²) in [5, 5.41) is 18.9. The Labute approximate surface area is 175 Å². The highest BCUT2D eigenvalue weighted by atomic mass is 19.4. The van der Waals surface area contributed by atoms with E-state index in [2.05, 4.69) is 26.9 Å². The van der Waals surface area contributed by atoms with Gasteiger partial charge in [0.15, 0.2) is 0 Å². The molecule has 0 atom stereocenters. The average molecular weight is 437 g/mol. The van der Waals surface area contributed by atoms with Crippen LogP contribution in [0.25, 0.3) is 10.9 Å². The van der Waals surface area contributed by atoms with Gasteiger partial charge < -0.3 is 20.7 Å². The Bertz CT molecular complexity index is 1090. The van der Waals surface area contributed by atoms with E-state index in [4.69, 9.17) is 9.90 Å². The molecule has 0 radical (unpaired) electrons. The van der Waals surface area contributed by atoms with Crippen molar-refractivity contribution in [2.75, 3.05) is 13.1 Å². The molecule has 0 fully saturated rings. The van der Waals surface area contributed by atoms with Crippen molar-refractivity contribution in [2.45, 2.75) is 25.6 Å². The number of benzene rings is 1. The van der Waals surface area contributed by atoms with Crippen molar-refractivity contribution < 1.29 is 27.9 Å². The van der Waals surface area contributed by atoms with Crippen molar-refractivity contribution in [2.24, 2.45) is 7.05 Å². The normalized spacial score (nSPS) is 13.4.